The average molecular weight is 481 g/mol. The standard InChI is InChI=1S/C23H22ClFO4S2/c1-30-23-21(28)19(26)20(27)22(29-23)13-4-8-17(24)14(10-13)11-16-7-9-18(31-16)12-2-5-15(25)6-3-12/h2-10,19-23,26-28H,11H2,1H3/t19-,20-,21+,22?,23-/m1/s1. The Labute approximate surface area is 193 Å². The summed E-state index contributed by atoms with van der Waals surface area (Å²) < 4.78 is 19.0. The lowest BCUT2D eigenvalue weighted by atomic mass is 9.93. The monoisotopic (exact) mass is 480 g/mol. The van der Waals surface area contributed by atoms with Gasteiger partial charge < -0.3 is 20.1 Å². The molecule has 0 saturated carbocycles. The van der Waals surface area contributed by atoms with Gasteiger partial charge in [-0.25, -0.2) is 4.39 Å². The fourth-order valence-electron chi connectivity index (χ4n) is 3.66. The summed E-state index contributed by atoms with van der Waals surface area (Å²) in [6, 6.07) is 15.8. The predicted octanol–water partition coefficient (Wildman–Crippen LogP) is 4.64. The molecule has 31 heavy (non-hydrogen) atoms. The van der Waals surface area contributed by atoms with Gasteiger partial charge in [-0.2, -0.15) is 0 Å². The van der Waals surface area contributed by atoms with E-state index in [0.717, 1.165) is 20.9 Å². The smallest absolute Gasteiger partial charge is 0.132 e. The van der Waals surface area contributed by atoms with E-state index in [1.54, 1.807) is 41.9 Å². The van der Waals surface area contributed by atoms with Crippen molar-refractivity contribution in [1.82, 2.24) is 0 Å². The Hall–Kier alpha value is -1.45. The van der Waals surface area contributed by atoms with Crippen molar-refractivity contribution >= 4 is 34.7 Å². The molecule has 0 aliphatic carbocycles. The summed E-state index contributed by atoms with van der Waals surface area (Å²) in [6.45, 7) is 0. The maximum Gasteiger partial charge on any atom is 0.132 e. The van der Waals surface area contributed by atoms with Gasteiger partial charge in [0.25, 0.3) is 0 Å². The first-order valence-electron chi connectivity index (χ1n) is 9.73. The normalized spacial score (nSPS) is 26.2. The van der Waals surface area contributed by atoms with Gasteiger partial charge in [0.05, 0.1) is 0 Å². The molecule has 3 aromatic rings. The molecule has 1 saturated heterocycles. The zero-order chi connectivity index (χ0) is 22.1. The van der Waals surface area contributed by atoms with Crippen molar-refractivity contribution in [3.05, 3.63) is 81.4 Å². The van der Waals surface area contributed by atoms with Crippen LogP contribution in [0.1, 0.15) is 22.1 Å². The number of thioether (sulfide) groups is 1. The number of hydrogen-bond donors (Lipinski definition) is 3. The second-order valence-electron chi connectivity index (χ2n) is 7.43. The number of thiophene rings is 1. The lowest BCUT2D eigenvalue weighted by Crippen LogP contribution is -2.52. The van der Waals surface area contributed by atoms with E-state index < -0.39 is 29.9 Å². The van der Waals surface area contributed by atoms with Crippen LogP contribution in [0.15, 0.2) is 54.6 Å². The topological polar surface area (TPSA) is 69.9 Å². The van der Waals surface area contributed by atoms with E-state index in [0.29, 0.717) is 17.0 Å². The number of halogens is 2. The van der Waals surface area contributed by atoms with Crippen LogP contribution >= 0.6 is 34.7 Å². The molecule has 164 valence electrons. The molecule has 0 amide bonds. The van der Waals surface area contributed by atoms with Crippen LogP contribution in [0.4, 0.5) is 4.39 Å². The molecular weight excluding hydrogens is 459 g/mol. The summed E-state index contributed by atoms with van der Waals surface area (Å²) in [4.78, 5) is 2.12. The summed E-state index contributed by atoms with van der Waals surface area (Å²) in [5.74, 6) is -0.266. The molecule has 5 atom stereocenters. The largest absolute Gasteiger partial charge is 0.387 e. The molecular formula is C23H22ClFO4S2. The highest BCUT2D eigenvalue weighted by atomic mass is 35.5. The van der Waals surface area contributed by atoms with Crippen LogP contribution in [0.3, 0.4) is 0 Å². The molecule has 4 rings (SSSR count). The van der Waals surface area contributed by atoms with Gasteiger partial charge in [-0.05, 0) is 53.3 Å². The van der Waals surface area contributed by atoms with Gasteiger partial charge >= 0.3 is 0 Å². The van der Waals surface area contributed by atoms with Gasteiger partial charge in [-0.15, -0.1) is 23.1 Å². The number of hydrogen-bond acceptors (Lipinski definition) is 6. The number of aliphatic hydroxyl groups excluding tert-OH is 3. The molecule has 1 unspecified atom stereocenters. The Morgan fingerprint density at radius 1 is 1.00 bits per heavy atom. The first kappa shape index (κ1) is 22.7. The van der Waals surface area contributed by atoms with E-state index in [9.17, 15) is 19.7 Å². The first-order chi connectivity index (χ1) is 14.9. The minimum atomic E-state index is -1.30. The number of aliphatic hydroxyl groups is 3. The second kappa shape index (κ2) is 9.58. The number of ether oxygens (including phenoxy) is 1. The highest BCUT2D eigenvalue weighted by Crippen LogP contribution is 2.37. The van der Waals surface area contributed by atoms with Crippen molar-refractivity contribution in [3.8, 4) is 10.4 Å². The van der Waals surface area contributed by atoms with E-state index in [4.69, 9.17) is 16.3 Å². The highest BCUT2D eigenvalue weighted by molar-refractivity contribution is 7.99. The third kappa shape index (κ3) is 4.83. The van der Waals surface area contributed by atoms with Crippen LogP contribution in [0.2, 0.25) is 5.02 Å². The van der Waals surface area contributed by atoms with Gasteiger partial charge in [-0.3, -0.25) is 0 Å². The Balaban J connectivity index is 1.57. The summed E-state index contributed by atoms with van der Waals surface area (Å²) >= 11 is 9.32. The molecule has 2 heterocycles. The lowest BCUT2D eigenvalue weighted by Gasteiger charge is -2.40. The van der Waals surface area contributed by atoms with Crippen molar-refractivity contribution in [2.24, 2.45) is 0 Å². The molecule has 1 aromatic heterocycles. The van der Waals surface area contributed by atoms with Crippen molar-refractivity contribution in [1.29, 1.82) is 0 Å². The molecule has 8 heteroatoms. The predicted molar refractivity (Wildman–Crippen MR) is 123 cm³/mol. The molecule has 2 aromatic carbocycles. The summed E-state index contributed by atoms with van der Waals surface area (Å²) in [5.41, 5.74) is 1.86. The Morgan fingerprint density at radius 2 is 1.74 bits per heavy atom. The van der Waals surface area contributed by atoms with Gasteiger partial charge in [0.1, 0.15) is 35.7 Å². The van der Waals surface area contributed by atoms with Crippen LogP contribution in [-0.2, 0) is 11.2 Å². The minimum absolute atomic E-state index is 0.266. The van der Waals surface area contributed by atoms with E-state index >= 15 is 0 Å². The Bertz CT molecular complexity index is 1040. The highest BCUT2D eigenvalue weighted by Gasteiger charge is 2.44. The van der Waals surface area contributed by atoms with Crippen LogP contribution in [0.5, 0.6) is 0 Å². The first-order valence-corrected chi connectivity index (χ1v) is 12.2. The van der Waals surface area contributed by atoms with Crippen LogP contribution in [0, 0.1) is 5.82 Å². The number of benzene rings is 2. The lowest BCUT2D eigenvalue weighted by molar-refractivity contribution is -0.200. The Kier molecular flexibility index (Phi) is 7.03. The fraction of sp³-hybridized carbons (Fsp3) is 0.304. The fourth-order valence-corrected chi connectivity index (χ4v) is 5.55. The number of rotatable bonds is 5. The van der Waals surface area contributed by atoms with Crippen molar-refractivity contribution in [2.45, 2.75) is 36.3 Å². The minimum Gasteiger partial charge on any atom is -0.387 e. The van der Waals surface area contributed by atoms with Gasteiger partial charge in [0.2, 0.25) is 0 Å². The van der Waals surface area contributed by atoms with E-state index in [2.05, 4.69) is 0 Å². The molecule has 0 radical (unpaired) electrons. The van der Waals surface area contributed by atoms with Gasteiger partial charge in [0.15, 0.2) is 0 Å². The summed E-state index contributed by atoms with van der Waals surface area (Å²) in [7, 11) is 0. The molecule has 4 nitrogen and oxygen atoms in total. The maximum atomic E-state index is 13.2. The van der Waals surface area contributed by atoms with Crippen molar-refractivity contribution in [3.63, 3.8) is 0 Å². The van der Waals surface area contributed by atoms with Gasteiger partial charge in [0, 0.05) is 21.2 Å². The van der Waals surface area contributed by atoms with Crippen molar-refractivity contribution in [2.75, 3.05) is 6.26 Å². The molecule has 1 aliphatic rings. The van der Waals surface area contributed by atoms with E-state index in [-0.39, 0.29) is 5.82 Å². The molecule has 1 aliphatic heterocycles. The Morgan fingerprint density at radius 3 is 2.45 bits per heavy atom. The van der Waals surface area contributed by atoms with E-state index in [1.165, 1.54) is 23.9 Å². The SMILES string of the molecule is CS[C@H]1OC(c2ccc(Cl)c(Cc3ccc(-c4ccc(F)cc4)s3)c2)[C@H](O)[C@@H](O)[C@@H]1O. The van der Waals surface area contributed by atoms with E-state index in [1.807, 2.05) is 18.2 Å². The zero-order valence-electron chi connectivity index (χ0n) is 16.6. The maximum absolute atomic E-state index is 13.2. The average Bonchev–Trinajstić information content (AvgIpc) is 3.23. The summed E-state index contributed by atoms with van der Waals surface area (Å²) in [6.07, 6.45) is -2.13. The third-order valence-electron chi connectivity index (χ3n) is 5.36. The van der Waals surface area contributed by atoms with Crippen LogP contribution < -0.4 is 0 Å². The molecule has 3 N–H and O–H groups in total. The summed E-state index contributed by atoms with van der Waals surface area (Å²) in [5, 5.41) is 31.4. The van der Waals surface area contributed by atoms with Crippen LogP contribution in [-0.4, -0.2) is 45.3 Å². The molecule has 0 bridgehead atoms. The second-order valence-corrected chi connectivity index (χ2v) is 9.94. The quantitative estimate of drug-likeness (QED) is 0.496. The molecule has 0 spiro atoms. The molecule has 1 fully saturated rings. The zero-order valence-corrected chi connectivity index (χ0v) is 19.0. The van der Waals surface area contributed by atoms with Crippen LogP contribution in [0.25, 0.3) is 10.4 Å². The third-order valence-corrected chi connectivity index (χ3v) is 7.71. The van der Waals surface area contributed by atoms with Crippen molar-refractivity contribution < 1.29 is 24.4 Å². The van der Waals surface area contributed by atoms with Gasteiger partial charge in [-0.1, -0.05) is 35.9 Å².